The minimum Gasteiger partial charge on any atom is -0.453 e. The highest BCUT2D eigenvalue weighted by molar-refractivity contribution is 6.37. The van der Waals surface area contributed by atoms with Gasteiger partial charge in [0.15, 0.2) is 5.75 Å². The van der Waals surface area contributed by atoms with Gasteiger partial charge in [-0.25, -0.2) is 0 Å². The molecule has 1 aromatic heterocycles. The topological polar surface area (TPSA) is 65.3 Å². The Morgan fingerprint density at radius 3 is 2.44 bits per heavy atom. The maximum absolute atomic E-state index is 10.6. The molecule has 0 radical (unpaired) electrons. The molecule has 0 saturated carbocycles. The molecule has 1 aromatic carbocycles. The van der Waals surface area contributed by atoms with Crippen LogP contribution < -0.4 is 4.74 Å². The number of ether oxygens (including phenoxy) is 1. The number of rotatable bonds is 3. The van der Waals surface area contributed by atoms with E-state index >= 15 is 0 Å². The fraction of sp³-hybridized carbons (Fsp3) is 0. The number of pyridine rings is 1. The number of nitrogens with zero attached hydrogens (tertiary/aromatic N) is 2. The number of aromatic nitrogens is 1. The molecular formula is C11H6Cl2N2O3. The summed E-state index contributed by atoms with van der Waals surface area (Å²) in [6.07, 6.45) is 3.07. The van der Waals surface area contributed by atoms with Crippen molar-refractivity contribution in [2.45, 2.75) is 0 Å². The predicted molar refractivity (Wildman–Crippen MR) is 67.4 cm³/mol. The van der Waals surface area contributed by atoms with Gasteiger partial charge in [0.05, 0.1) is 21.2 Å². The van der Waals surface area contributed by atoms with Gasteiger partial charge >= 0.3 is 0 Å². The minimum absolute atomic E-state index is 0.0676. The number of hydrogen-bond acceptors (Lipinski definition) is 4. The van der Waals surface area contributed by atoms with E-state index in [2.05, 4.69) is 4.98 Å². The second-order valence-electron chi connectivity index (χ2n) is 3.29. The van der Waals surface area contributed by atoms with Crippen LogP contribution in [0.5, 0.6) is 11.5 Å². The van der Waals surface area contributed by atoms with E-state index in [4.69, 9.17) is 27.9 Å². The lowest BCUT2D eigenvalue weighted by Gasteiger charge is -2.08. The molecule has 0 amide bonds. The van der Waals surface area contributed by atoms with Crippen LogP contribution in [0.15, 0.2) is 36.7 Å². The van der Waals surface area contributed by atoms with E-state index in [-0.39, 0.29) is 21.5 Å². The molecule has 18 heavy (non-hydrogen) atoms. The Morgan fingerprint density at radius 1 is 1.28 bits per heavy atom. The van der Waals surface area contributed by atoms with Gasteiger partial charge in [0.25, 0.3) is 5.69 Å². The van der Waals surface area contributed by atoms with Gasteiger partial charge < -0.3 is 4.74 Å². The summed E-state index contributed by atoms with van der Waals surface area (Å²) in [7, 11) is 0. The van der Waals surface area contributed by atoms with Crippen LogP contribution in [-0.2, 0) is 0 Å². The molecular weight excluding hydrogens is 279 g/mol. The van der Waals surface area contributed by atoms with Crippen LogP contribution in [-0.4, -0.2) is 9.91 Å². The largest absolute Gasteiger partial charge is 0.453 e. The van der Waals surface area contributed by atoms with Crippen molar-refractivity contribution in [3.63, 3.8) is 0 Å². The molecule has 2 aromatic rings. The van der Waals surface area contributed by atoms with Crippen molar-refractivity contribution >= 4 is 28.9 Å². The monoisotopic (exact) mass is 284 g/mol. The predicted octanol–water partition coefficient (Wildman–Crippen LogP) is 4.09. The Bertz CT molecular complexity index is 567. The lowest BCUT2D eigenvalue weighted by Crippen LogP contribution is -1.91. The first-order valence-corrected chi connectivity index (χ1v) is 5.55. The Balaban J connectivity index is 2.37. The SMILES string of the molecule is O=[N+]([O-])c1cc(Cl)c(Oc2cccnc2)c(Cl)c1. The van der Waals surface area contributed by atoms with Gasteiger partial charge in [-0.05, 0) is 12.1 Å². The van der Waals surface area contributed by atoms with Crippen molar-refractivity contribution in [3.05, 3.63) is 56.8 Å². The summed E-state index contributed by atoms with van der Waals surface area (Å²) in [5.41, 5.74) is -0.191. The van der Waals surface area contributed by atoms with Crippen molar-refractivity contribution in [1.82, 2.24) is 4.98 Å². The highest BCUT2D eigenvalue weighted by Gasteiger charge is 2.16. The Morgan fingerprint density at radius 2 is 1.94 bits per heavy atom. The summed E-state index contributed by atoms with van der Waals surface area (Å²) in [6, 6.07) is 5.71. The van der Waals surface area contributed by atoms with E-state index in [1.54, 1.807) is 18.3 Å². The van der Waals surface area contributed by atoms with Gasteiger partial charge in [0, 0.05) is 18.3 Å². The summed E-state index contributed by atoms with van der Waals surface area (Å²) in [4.78, 5) is 13.9. The lowest BCUT2D eigenvalue weighted by atomic mass is 10.3. The van der Waals surface area contributed by atoms with E-state index in [9.17, 15) is 10.1 Å². The third-order valence-corrected chi connectivity index (χ3v) is 2.61. The zero-order chi connectivity index (χ0) is 13.1. The first kappa shape index (κ1) is 12.6. The fourth-order valence-electron chi connectivity index (χ4n) is 1.27. The van der Waals surface area contributed by atoms with Crippen LogP contribution in [0.4, 0.5) is 5.69 Å². The molecule has 7 heteroatoms. The molecule has 0 aliphatic carbocycles. The van der Waals surface area contributed by atoms with E-state index in [0.29, 0.717) is 5.75 Å². The van der Waals surface area contributed by atoms with Gasteiger partial charge in [-0.3, -0.25) is 15.1 Å². The maximum Gasteiger partial charge on any atom is 0.272 e. The third-order valence-electron chi connectivity index (χ3n) is 2.05. The van der Waals surface area contributed by atoms with Gasteiger partial charge in [-0.2, -0.15) is 0 Å². The molecule has 0 spiro atoms. The van der Waals surface area contributed by atoms with Gasteiger partial charge in [-0.1, -0.05) is 23.2 Å². The molecule has 0 bridgehead atoms. The average Bonchev–Trinajstić information content (AvgIpc) is 2.34. The minimum atomic E-state index is -0.578. The quantitative estimate of drug-likeness (QED) is 0.629. The number of hydrogen-bond donors (Lipinski definition) is 0. The molecule has 0 atom stereocenters. The second kappa shape index (κ2) is 5.20. The number of non-ortho nitro benzene ring substituents is 1. The van der Waals surface area contributed by atoms with E-state index < -0.39 is 4.92 Å². The maximum atomic E-state index is 10.6. The first-order valence-electron chi connectivity index (χ1n) is 4.79. The van der Waals surface area contributed by atoms with Crippen LogP contribution >= 0.6 is 23.2 Å². The molecule has 0 N–H and O–H groups in total. The molecule has 0 fully saturated rings. The highest BCUT2D eigenvalue weighted by atomic mass is 35.5. The van der Waals surface area contributed by atoms with Crippen LogP contribution in [0.3, 0.4) is 0 Å². The molecule has 0 aliphatic rings. The van der Waals surface area contributed by atoms with Crippen LogP contribution in [0.2, 0.25) is 10.0 Å². The Kier molecular flexibility index (Phi) is 3.64. The van der Waals surface area contributed by atoms with E-state index in [1.165, 1.54) is 18.3 Å². The molecule has 1 heterocycles. The number of halogens is 2. The zero-order valence-electron chi connectivity index (χ0n) is 8.84. The zero-order valence-corrected chi connectivity index (χ0v) is 10.4. The summed E-state index contributed by atoms with van der Waals surface area (Å²) in [5.74, 6) is 0.604. The van der Waals surface area contributed by atoms with Crippen molar-refractivity contribution in [3.8, 4) is 11.5 Å². The number of nitro groups is 1. The van der Waals surface area contributed by atoms with Crippen LogP contribution in [0.25, 0.3) is 0 Å². The first-order chi connectivity index (χ1) is 8.58. The van der Waals surface area contributed by atoms with E-state index in [1.807, 2.05) is 0 Å². The summed E-state index contributed by atoms with van der Waals surface area (Å²) in [6.45, 7) is 0. The van der Waals surface area contributed by atoms with Gasteiger partial charge in [0.2, 0.25) is 0 Å². The van der Waals surface area contributed by atoms with Crippen molar-refractivity contribution < 1.29 is 9.66 Å². The summed E-state index contributed by atoms with van der Waals surface area (Å²) < 4.78 is 5.43. The van der Waals surface area contributed by atoms with Crippen LogP contribution in [0.1, 0.15) is 0 Å². The summed E-state index contributed by atoms with van der Waals surface area (Å²) >= 11 is 11.8. The highest BCUT2D eigenvalue weighted by Crippen LogP contribution is 2.39. The average molecular weight is 285 g/mol. The third kappa shape index (κ3) is 2.69. The van der Waals surface area contributed by atoms with Crippen molar-refractivity contribution in [2.24, 2.45) is 0 Å². The van der Waals surface area contributed by atoms with Crippen LogP contribution in [0, 0.1) is 10.1 Å². The standard InChI is InChI=1S/C11H6Cl2N2O3/c12-9-4-7(15(16)17)5-10(13)11(9)18-8-2-1-3-14-6-8/h1-6H. The lowest BCUT2D eigenvalue weighted by molar-refractivity contribution is -0.384. The number of benzene rings is 1. The number of nitro benzene ring substituents is 1. The van der Waals surface area contributed by atoms with E-state index in [0.717, 1.165) is 0 Å². The fourth-order valence-corrected chi connectivity index (χ4v) is 1.83. The Labute approximate surface area is 112 Å². The van der Waals surface area contributed by atoms with Crippen molar-refractivity contribution in [2.75, 3.05) is 0 Å². The second-order valence-corrected chi connectivity index (χ2v) is 4.10. The molecule has 5 nitrogen and oxygen atoms in total. The molecule has 0 aliphatic heterocycles. The normalized spacial score (nSPS) is 10.1. The van der Waals surface area contributed by atoms with Gasteiger partial charge in [0.1, 0.15) is 5.75 Å². The summed E-state index contributed by atoms with van der Waals surface area (Å²) in [5, 5.41) is 10.7. The van der Waals surface area contributed by atoms with Gasteiger partial charge in [-0.15, -0.1) is 0 Å². The molecule has 0 saturated heterocycles. The van der Waals surface area contributed by atoms with Crippen molar-refractivity contribution in [1.29, 1.82) is 0 Å². The Hall–Kier alpha value is -1.85. The molecule has 0 unspecified atom stereocenters. The molecule has 2 rings (SSSR count). The molecule has 92 valence electrons. The smallest absolute Gasteiger partial charge is 0.272 e.